The number of amides is 2. The molecule has 0 saturated heterocycles. The molecule has 1 atom stereocenters. The summed E-state index contributed by atoms with van der Waals surface area (Å²) in [5.41, 5.74) is 4.47. The molecule has 0 aliphatic rings. The Morgan fingerprint density at radius 1 is 0.827 bits per heavy atom. The van der Waals surface area contributed by atoms with Crippen molar-refractivity contribution in [2.45, 2.75) is 40.7 Å². The minimum absolute atomic E-state index is 0.300. The van der Waals surface area contributed by atoms with Crippen molar-refractivity contribution < 1.29 is 64.5 Å². The lowest BCUT2D eigenvalue weighted by Gasteiger charge is -2.31. The summed E-state index contributed by atoms with van der Waals surface area (Å²) >= 11 is -2.88. The fourth-order valence-electron chi connectivity index (χ4n) is 5.24. The van der Waals surface area contributed by atoms with Gasteiger partial charge >= 0.3 is 12.2 Å². The predicted octanol–water partition coefficient (Wildman–Crippen LogP) is 3.27. The van der Waals surface area contributed by atoms with Gasteiger partial charge in [0.05, 0.1) is 80.4 Å². The second kappa shape index (κ2) is 21.3. The smallest absolute Gasteiger partial charge is 0.411 e. The van der Waals surface area contributed by atoms with Crippen LogP contribution in [-0.4, -0.2) is 80.0 Å². The molecule has 0 aliphatic heterocycles. The summed E-state index contributed by atoms with van der Waals surface area (Å²) in [6.45, 7) is 12.6. The number of nitrogens with one attached hydrogen (secondary N) is 2. The van der Waals surface area contributed by atoms with E-state index in [1.165, 1.54) is 0 Å². The SMILES string of the molecule is CCOC(=O)Nc1ccc2c(c1)c(-c1ccccc1)[n+](CCC[N+](C)(CC)CC)c1cc(NC(=O)OCC)ccc21.CS(=O)(=O)O[O-].O=S([O-])O[O-]. The van der Waals surface area contributed by atoms with Gasteiger partial charge in [-0.15, -0.1) is 0 Å². The van der Waals surface area contributed by atoms with Crippen LogP contribution >= 0.6 is 0 Å². The number of hydrogen-bond acceptors (Lipinski definition) is 12. The highest BCUT2D eigenvalue weighted by atomic mass is 32.2. The highest BCUT2D eigenvalue weighted by molar-refractivity contribution is 7.85. The van der Waals surface area contributed by atoms with Crippen molar-refractivity contribution in [3.05, 3.63) is 66.7 Å². The lowest BCUT2D eigenvalue weighted by Crippen LogP contribution is -2.46. The largest absolute Gasteiger partial charge is 0.750 e. The van der Waals surface area contributed by atoms with Crippen molar-refractivity contribution in [3.8, 4) is 11.3 Å². The lowest BCUT2D eigenvalue weighted by atomic mass is 9.98. The fraction of sp³-hybridized carbons (Fsp3) is 0.382. The van der Waals surface area contributed by atoms with Crippen LogP contribution in [0.5, 0.6) is 0 Å². The fourth-order valence-corrected chi connectivity index (χ4v) is 5.24. The maximum absolute atomic E-state index is 12.3. The molecule has 1 aromatic heterocycles. The number of benzene rings is 3. The maximum atomic E-state index is 12.3. The Bertz CT molecular complexity index is 1910. The standard InChI is InChI=1S/C33H40N4O4.CH4O4S.H2O4S/c1-6-37(5,7-2)21-13-20-36-30-23-26(35-33(39)41-9-4)17-19-28(30)27-18-16-25(34-32(38)40-8-3)22-29(27)31(36)24-14-11-10-12-15-24;1-6(3,4)5-2;1-4-5(2)3/h10-12,14-19,22-23H,6-9,13,20-21H2,1-5H3;2H,1H3;1H,(H,2,3)/p-1. The van der Waals surface area contributed by atoms with Gasteiger partial charge in [0.25, 0.3) is 10.1 Å². The van der Waals surface area contributed by atoms with E-state index >= 15 is 0 Å². The number of aromatic nitrogens is 1. The monoisotopic (exact) mass is 765 g/mol. The number of aryl methyl sites for hydroxylation is 1. The van der Waals surface area contributed by atoms with Gasteiger partial charge < -0.3 is 37.7 Å². The van der Waals surface area contributed by atoms with Crippen molar-refractivity contribution >= 4 is 66.7 Å². The number of pyridine rings is 1. The molecular formula is C34H45N4O12S2-. The van der Waals surface area contributed by atoms with Gasteiger partial charge in [0.1, 0.15) is 0 Å². The van der Waals surface area contributed by atoms with E-state index in [-0.39, 0.29) is 0 Å². The van der Waals surface area contributed by atoms with E-state index in [4.69, 9.17) is 28.7 Å². The molecule has 18 heteroatoms. The summed E-state index contributed by atoms with van der Waals surface area (Å²) in [5.74, 6) is 0. The Hall–Kier alpha value is -4.27. The quantitative estimate of drug-likeness (QED) is 0.0500. The molecule has 0 bridgehead atoms. The summed E-state index contributed by atoms with van der Waals surface area (Å²) in [7, 11) is -1.42. The van der Waals surface area contributed by atoms with E-state index < -0.39 is 33.7 Å². The van der Waals surface area contributed by atoms with Crippen molar-refractivity contribution in [2.24, 2.45) is 0 Å². The summed E-state index contributed by atoms with van der Waals surface area (Å²) in [5, 5.41) is 26.2. The lowest BCUT2D eigenvalue weighted by molar-refractivity contribution is -0.908. The van der Waals surface area contributed by atoms with Gasteiger partial charge in [-0.05, 0) is 64.1 Å². The van der Waals surface area contributed by atoms with E-state index in [2.05, 4.69) is 56.9 Å². The molecule has 3 aromatic carbocycles. The Labute approximate surface area is 305 Å². The maximum Gasteiger partial charge on any atom is 0.411 e. The van der Waals surface area contributed by atoms with Gasteiger partial charge in [-0.2, -0.15) is 4.57 Å². The normalized spacial score (nSPS) is 11.8. The van der Waals surface area contributed by atoms with Crippen molar-refractivity contribution in [2.75, 3.05) is 56.8 Å². The van der Waals surface area contributed by atoms with E-state index in [0.29, 0.717) is 30.8 Å². The molecule has 2 amide bonds. The minimum Gasteiger partial charge on any atom is -0.750 e. The predicted molar refractivity (Wildman–Crippen MR) is 191 cm³/mol. The molecule has 0 spiro atoms. The first-order valence-electron chi connectivity index (χ1n) is 16.3. The molecule has 1 heterocycles. The van der Waals surface area contributed by atoms with Crippen LogP contribution in [0.2, 0.25) is 0 Å². The molecule has 1 unspecified atom stereocenters. The second-order valence-corrected chi connectivity index (χ2v) is 13.5. The number of hydrogen-bond donors (Lipinski definition) is 2. The number of fused-ring (bicyclic) bond motifs is 3. The Kier molecular flexibility index (Phi) is 18.0. The molecule has 0 fully saturated rings. The van der Waals surface area contributed by atoms with Gasteiger partial charge in [-0.1, -0.05) is 24.3 Å². The van der Waals surface area contributed by atoms with E-state index in [1.54, 1.807) is 13.8 Å². The third kappa shape index (κ3) is 13.7. The van der Waals surface area contributed by atoms with Crippen molar-refractivity contribution in [1.82, 2.24) is 0 Å². The molecule has 16 nitrogen and oxygen atoms in total. The molecule has 286 valence electrons. The number of rotatable bonds is 13. The van der Waals surface area contributed by atoms with Crippen LogP contribution in [0.25, 0.3) is 32.9 Å². The van der Waals surface area contributed by atoms with Crippen LogP contribution < -0.4 is 25.7 Å². The van der Waals surface area contributed by atoms with Crippen molar-refractivity contribution in [3.63, 3.8) is 0 Å². The average molecular weight is 766 g/mol. The number of carbonyl (C=O) groups excluding carboxylic acids is 2. The molecular weight excluding hydrogens is 721 g/mol. The minimum atomic E-state index is -3.72. The molecule has 4 rings (SSSR count). The van der Waals surface area contributed by atoms with Gasteiger partial charge in [0.2, 0.25) is 11.2 Å². The van der Waals surface area contributed by atoms with Crippen LogP contribution in [0.3, 0.4) is 0 Å². The Balaban J connectivity index is 0.000000741. The second-order valence-electron chi connectivity index (χ2n) is 11.4. The highest BCUT2D eigenvalue weighted by Crippen LogP contribution is 2.34. The number of nitrogens with zero attached hydrogens (tertiary/aromatic N) is 2. The summed E-state index contributed by atoms with van der Waals surface area (Å²) in [6, 6.07) is 22.2. The van der Waals surface area contributed by atoms with Gasteiger partial charge in [-0.25, -0.2) is 22.2 Å². The molecule has 0 aliphatic carbocycles. The van der Waals surface area contributed by atoms with Crippen LogP contribution in [0.4, 0.5) is 21.0 Å². The highest BCUT2D eigenvalue weighted by Gasteiger charge is 2.26. The van der Waals surface area contributed by atoms with Crippen LogP contribution in [-0.2, 0) is 46.2 Å². The van der Waals surface area contributed by atoms with Gasteiger partial charge in [0, 0.05) is 22.7 Å². The zero-order valence-electron chi connectivity index (χ0n) is 29.9. The molecule has 0 saturated carbocycles. The zero-order chi connectivity index (χ0) is 38.9. The number of carbonyl (C=O) groups is 2. The average Bonchev–Trinajstić information content (AvgIpc) is 3.12. The third-order valence-corrected chi connectivity index (χ3v) is 8.36. The Morgan fingerprint density at radius 3 is 1.79 bits per heavy atom. The van der Waals surface area contributed by atoms with Gasteiger partial charge in [-0.3, -0.25) is 10.6 Å². The molecule has 52 heavy (non-hydrogen) atoms. The zero-order valence-corrected chi connectivity index (χ0v) is 31.5. The van der Waals surface area contributed by atoms with E-state index in [0.717, 1.165) is 70.0 Å². The summed E-state index contributed by atoms with van der Waals surface area (Å²) in [6.07, 6.45) is 0.698. The molecule has 0 radical (unpaired) electrons. The topological polar surface area (TPSA) is 219 Å². The Morgan fingerprint density at radius 2 is 1.33 bits per heavy atom. The number of anilines is 2. The van der Waals surface area contributed by atoms with Crippen LogP contribution in [0, 0.1) is 0 Å². The number of ether oxygens (including phenoxy) is 2. The first-order valence-corrected chi connectivity index (χ1v) is 19.1. The summed E-state index contributed by atoms with van der Waals surface area (Å²) in [4.78, 5) is 24.5. The summed E-state index contributed by atoms with van der Waals surface area (Å²) < 4.78 is 55.3. The molecule has 4 aromatic rings. The first kappa shape index (κ1) is 43.9. The van der Waals surface area contributed by atoms with E-state index in [9.17, 15) is 18.0 Å². The molecule has 2 N–H and O–H groups in total. The van der Waals surface area contributed by atoms with Gasteiger partial charge in [0.15, 0.2) is 6.54 Å². The first-order chi connectivity index (χ1) is 24.6. The number of quaternary nitrogens is 1. The third-order valence-electron chi connectivity index (χ3n) is 8.00. The van der Waals surface area contributed by atoms with Crippen molar-refractivity contribution in [1.29, 1.82) is 0 Å². The van der Waals surface area contributed by atoms with Crippen LogP contribution in [0.15, 0.2) is 66.7 Å². The van der Waals surface area contributed by atoms with E-state index in [1.807, 2.05) is 54.6 Å². The van der Waals surface area contributed by atoms with Crippen LogP contribution in [0.1, 0.15) is 34.1 Å².